The predicted octanol–water partition coefficient (Wildman–Crippen LogP) is 3.89. The van der Waals surface area contributed by atoms with Gasteiger partial charge >= 0.3 is 5.97 Å². The maximum Gasteiger partial charge on any atom is 0.337 e. The smallest absolute Gasteiger partial charge is 0.337 e. The Morgan fingerprint density at radius 2 is 1.79 bits per heavy atom. The molecule has 0 saturated carbocycles. The molecule has 7 heteroatoms. The van der Waals surface area contributed by atoms with Crippen LogP contribution in [-0.2, 0) is 16.1 Å². The van der Waals surface area contributed by atoms with Crippen LogP contribution in [0.2, 0.25) is 0 Å². The van der Waals surface area contributed by atoms with E-state index in [9.17, 15) is 14.4 Å². The third-order valence-corrected chi connectivity index (χ3v) is 5.83. The van der Waals surface area contributed by atoms with Crippen molar-refractivity contribution in [2.45, 2.75) is 32.9 Å². The number of aromatic nitrogens is 1. The average molecular weight is 444 g/mol. The quantitative estimate of drug-likeness (QED) is 0.584. The molecular formula is C26H25N3O4. The zero-order chi connectivity index (χ0) is 23.5. The van der Waals surface area contributed by atoms with Crippen LogP contribution in [0, 0.1) is 13.8 Å². The van der Waals surface area contributed by atoms with Gasteiger partial charge < -0.3 is 10.1 Å². The summed E-state index contributed by atoms with van der Waals surface area (Å²) in [5.74, 6) is -0.836. The first-order chi connectivity index (χ1) is 15.9. The Balaban J connectivity index is 1.57. The fraction of sp³-hybridized carbons (Fsp3) is 0.231. The van der Waals surface area contributed by atoms with Gasteiger partial charge in [-0.2, -0.15) is 0 Å². The van der Waals surface area contributed by atoms with Gasteiger partial charge in [0.15, 0.2) is 0 Å². The van der Waals surface area contributed by atoms with Gasteiger partial charge in [0.2, 0.25) is 5.91 Å². The number of carbonyl (C=O) groups is 3. The number of methoxy groups -OCH3 is 1. The second-order valence-electron chi connectivity index (χ2n) is 8.05. The molecule has 3 aromatic rings. The minimum absolute atomic E-state index is 0.0922. The maximum absolute atomic E-state index is 13.3. The van der Waals surface area contributed by atoms with Crippen LogP contribution < -0.4 is 10.2 Å². The zero-order valence-electron chi connectivity index (χ0n) is 18.8. The number of ether oxygens (including phenoxy) is 1. The highest BCUT2D eigenvalue weighted by Gasteiger charge is 2.40. The van der Waals surface area contributed by atoms with E-state index >= 15 is 0 Å². The van der Waals surface area contributed by atoms with Gasteiger partial charge in [-0.3, -0.25) is 19.5 Å². The fourth-order valence-electron chi connectivity index (χ4n) is 4.28. The number of hydrogen-bond donors (Lipinski definition) is 1. The number of pyridine rings is 1. The first-order valence-corrected chi connectivity index (χ1v) is 10.7. The Morgan fingerprint density at radius 1 is 1.06 bits per heavy atom. The summed E-state index contributed by atoms with van der Waals surface area (Å²) < 4.78 is 4.75. The molecule has 1 aliphatic rings. The normalized spacial score (nSPS) is 14.7. The van der Waals surface area contributed by atoms with Crippen molar-refractivity contribution < 1.29 is 19.1 Å². The Bertz CT molecular complexity index is 1220. The number of amides is 2. The minimum atomic E-state index is -0.456. The third kappa shape index (κ3) is 4.35. The molecular weight excluding hydrogens is 418 g/mol. The summed E-state index contributed by atoms with van der Waals surface area (Å²) in [6.45, 7) is 4.17. The molecule has 1 atom stereocenters. The lowest BCUT2D eigenvalue weighted by Gasteiger charge is -2.28. The summed E-state index contributed by atoms with van der Waals surface area (Å²) in [5.41, 5.74) is 5.05. The number of esters is 1. The number of fused-ring (bicyclic) bond motifs is 1. The van der Waals surface area contributed by atoms with E-state index in [-0.39, 0.29) is 24.8 Å². The van der Waals surface area contributed by atoms with Gasteiger partial charge in [-0.25, -0.2) is 4.79 Å². The lowest BCUT2D eigenvalue weighted by atomic mass is 10.0. The number of benzene rings is 2. The molecule has 1 aliphatic heterocycles. The van der Waals surface area contributed by atoms with E-state index in [4.69, 9.17) is 4.74 Å². The number of hydrogen-bond acceptors (Lipinski definition) is 5. The molecule has 0 aliphatic carbocycles. The Morgan fingerprint density at radius 3 is 2.52 bits per heavy atom. The van der Waals surface area contributed by atoms with Crippen molar-refractivity contribution in [3.05, 3.63) is 94.3 Å². The molecule has 2 aromatic carbocycles. The molecule has 7 nitrogen and oxygen atoms in total. The average Bonchev–Trinajstić information content (AvgIpc) is 3.09. The molecule has 0 bridgehead atoms. The second kappa shape index (κ2) is 9.24. The second-order valence-corrected chi connectivity index (χ2v) is 8.05. The van der Waals surface area contributed by atoms with Crippen LogP contribution in [0.3, 0.4) is 0 Å². The van der Waals surface area contributed by atoms with Gasteiger partial charge in [-0.05, 0) is 48.7 Å². The van der Waals surface area contributed by atoms with Crippen molar-refractivity contribution in [3.63, 3.8) is 0 Å². The van der Waals surface area contributed by atoms with Gasteiger partial charge in [0.1, 0.15) is 5.69 Å². The van der Waals surface area contributed by atoms with Crippen LogP contribution in [0.4, 0.5) is 5.69 Å². The number of nitrogens with zero attached hydrogens (tertiary/aromatic N) is 2. The SMILES string of the molecule is COC(=O)c1cccc(CNC(=O)CC2c3cccnc3C(=O)N2c2c(C)cccc2C)c1. The Labute approximate surface area is 192 Å². The molecule has 0 spiro atoms. The lowest BCUT2D eigenvalue weighted by Crippen LogP contribution is -2.33. The standard InChI is InChI=1S/C26H25N3O4/c1-16-7-4-8-17(2)24(16)29-21(20-11-6-12-27-23(20)25(29)31)14-22(30)28-15-18-9-5-10-19(13-18)26(32)33-3/h4-13,21H,14-15H2,1-3H3,(H,28,30). The van der Waals surface area contributed by atoms with Gasteiger partial charge in [-0.1, -0.05) is 36.4 Å². The van der Waals surface area contributed by atoms with Crippen molar-refractivity contribution in [1.29, 1.82) is 0 Å². The molecule has 168 valence electrons. The maximum atomic E-state index is 13.3. The lowest BCUT2D eigenvalue weighted by molar-refractivity contribution is -0.121. The topological polar surface area (TPSA) is 88.6 Å². The molecule has 1 aromatic heterocycles. The molecule has 33 heavy (non-hydrogen) atoms. The Kier molecular flexibility index (Phi) is 6.22. The van der Waals surface area contributed by atoms with E-state index in [1.807, 2.05) is 44.2 Å². The summed E-state index contributed by atoms with van der Waals surface area (Å²) >= 11 is 0. The van der Waals surface area contributed by atoms with Crippen LogP contribution in [0.25, 0.3) is 0 Å². The highest BCUT2D eigenvalue weighted by atomic mass is 16.5. The van der Waals surface area contributed by atoms with Crippen LogP contribution in [0.15, 0.2) is 60.8 Å². The molecule has 0 radical (unpaired) electrons. The van der Waals surface area contributed by atoms with Gasteiger partial charge in [0.05, 0.1) is 30.8 Å². The van der Waals surface area contributed by atoms with Crippen molar-refractivity contribution in [1.82, 2.24) is 10.3 Å². The van der Waals surface area contributed by atoms with Crippen molar-refractivity contribution in [3.8, 4) is 0 Å². The summed E-state index contributed by atoms with van der Waals surface area (Å²) in [7, 11) is 1.33. The summed E-state index contributed by atoms with van der Waals surface area (Å²) in [4.78, 5) is 44.0. The minimum Gasteiger partial charge on any atom is -0.465 e. The molecule has 0 fully saturated rings. The van der Waals surface area contributed by atoms with E-state index in [1.165, 1.54) is 7.11 Å². The highest BCUT2D eigenvalue weighted by molar-refractivity contribution is 6.11. The summed E-state index contributed by atoms with van der Waals surface area (Å²) in [6, 6.07) is 16.0. The highest BCUT2D eigenvalue weighted by Crippen LogP contribution is 2.41. The van der Waals surface area contributed by atoms with E-state index in [1.54, 1.807) is 35.4 Å². The van der Waals surface area contributed by atoms with Crippen molar-refractivity contribution >= 4 is 23.5 Å². The molecule has 0 saturated heterocycles. The Hall–Kier alpha value is -4.00. The number of carbonyl (C=O) groups excluding carboxylic acids is 3. The molecule has 4 rings (SSSR count). The van der Waals surface area contributed by atoms with Crippen LogP contribution in [0.1, 0.15) is 55.6 Å². The van der Waals surface area contributed by atoms with Crippen LogP contribution in [-0.4, -0.2) is 29.9 Å². The number of para-hydroxylation sites is 1. The number of rotatable bonds is 6. The molecule has 2 heterocycles. The van der Waals surface area contributed by atoms with Crippen LogP contribution >= 0.6 is 0 Å². The number of anilines is 1. The van der Waals surface area contributed by atoms with E-state index in [2.05, 4.69) is 10.3 Å². The first kappa shape index (κ1) is 22.2. The third-order valence-electron chi connectivity index (χ3n) is 5.83. The van der Waals surface area contributed by atoms with E-state index in [0.717, 1.165) is 27.9 Å². The summed E-state index contributed by atoms with van der Waals surface area (Å²) in [6.07, 6.45) is 1.69. The fourth-order valence-corrected chi connectivity index (χ4v) is 4.28. The molecule has 2 amide bonds. The molecule has 1 N–H and O–H groups in total. The van der Waals surface area contributed by atoms with E-state index in [0.29, 0.717) is 11.3 Å². The number of nitrogens with one attached hydrogen (secondary N) is 1. The van der Waals surface area contributed by atoms with Crippen LogP contribution in [0.5, 0.6) is 0 Å². The summed E-state index contributed by atoms with van der Waals surface area (Å²) in [5, 5.41) is 2.91. The number of aryl methyl sites for hydroxylation is 2. The van der Waals surface area contributed by atoms with Gasteiger partial charge in [0, 0.05) is 18.3 Å². The first-order valence-electron chi connectivity index (χ1n) is 10.7. The monoisotopic (exact) mass is 443 g/mol. The molecule has 1 unspecified atom stereocenters. The largest absolute Gasteiger partial charge is 0.465 e. The van der Waals surface area contributed by atoms with Crippen molar-refractivity contribution in [2.75, 3.05) is 12.0 Å². The van der Waals surface area contributed by atoms with Gasteiger partial charge in [0.25, 0.3) is 5.91 Å². The predicted molar refractivity (Wildman–Crippen MR) is 124 cm³/mol. The van der Waals surface area contributed by atoms with Crippen molar-refractivity contribution in [2.24, 2.45) is 0 Å². The van der Waals surface area contributed by atoms with Gasteiger partial charge in [-0.15, -0.1) is 0 Å². The zero-order valence-corrected chi connectivity index (χ0v) is 18.8. The van der Waals surface area contributed by atoms with E-state index < -0.39 is 12.0 Å².